The molecule has 0 bridgehead atoms. The largest absolute Gasteiger partial charge is 0.304 e. The molecule has 0 N–H and O–H groups in total. The van der Waals surface area contributed by atoms with Crippen LogP contribution in [0.2, 0.25) is 0 Å². The van der Waals surface area contributed by atoms with E-state index in [2.05, 4.69) is 0 Å². The van der Waals surface area contributed by atoms with Crippen LogP contribution in [0.1, 0.15) is 32.6 Å². The Balaban J connectivity index is 1.78. The average Bonchev–Trinajstić information content (AvgIpc) is 2.83. The number of rotatable bonds is 5. The molecular weight excluding hydrogens is 414 g/mol. The van der Waals surface area contributed by atoms with Crippen molar-refractivity contribution in [1.82, 2.24) is 14.1 Å². The summed E-state index contributed by atoms with van der Waals surface area (Å²) in [5, 5.41) is 0. The predicted molar refractivity (Wildman–Crippen MR) is 124 cm³/mol. The van der Waals surface area contributed by atoms with E-state index in [1.54, 1.807) is 18.2 Å². The number of nitrogens with zero attached hydrogens (tertiary/aromatic N) is 3. The van der Waals surface area contributed by atoms with Gasteiger partial charge in [-0.15, -0.1) is 0 Å². The minimum atomic E-state index is -3.77. The Morgan fingerprint density at radius 3 is 2.57 bits per heavy atom. The van der Waals surface area contributed by atoms with Crippen LogP contribution >= 0.6 is 11.8 Å². The first-order valence-corrected chi connectivity index (χ1v) is 11.5. The van der Waals surface area contributed by atoms with E-state index in [-0.39, 0.29) is 16.2 Å². The van der Waals surface area contributed by atoms with E-state index in [1.165, 1.54) is 38.0 Å². The fourth-order valence-electron chi connectivity index (χ4n) is 3.17. The summed E-state index contributed by atoms with van der Waals surface area (Å²) in [6.45, 7) is -17.4. The second-order valence-electron chi connectivity index (χ2n) is 6.88. The highest BCUT2D eigenvalue weighted by atomic mass is 32.2. The molecule has 30 heavy (non-hydrogen) atoms. The van der Waals surface area contributed by atoms with Crippen molar-refractivity contribution in [3.63, 3.8) is 0 Å². The number of likely N-dealkylation sites (N-methyl/N-ethyl adjacent to an activating group) is 1. The Morgan fingerprint density at radius 2 is 1.83 bits per heavy atom. The minimum Gasteiger partial charge on any atom is -0.304 e. The molecule has 0 amide bonds. The molecule has 0 saturated carbocycles. The standard InChI is InChI=1S/C23H29N3O2S2/c1-24(2)30(27,28)18-10-11-23-21(17-18)19(20-7-4-5-9-22(20)29-23)8-6-12-26-15-13-25(3)14-16-26/h4-5,7-11,17H,6,12-16H2,1-3H3/b19-8-/i3D3,13D2,14D2,15D2,16D2. The van der Waals surface area contributed by atoms with Crippen LogP contribution in [0, 0.1) is 0 Å². The van der Waals surface area contributed by atoms with Crippen molar-refractivity contribution in [3.05, 3.63) is 59.7 Å². The van der Waals surface area contributed by atoms with Gasteiger partial charge in [-0.05, 0) is 54.4 Å². The number of benzene rings is 2. The molecule has 2 aromatic carbocycles. The molecule has 2 aliphatic rings. The smallest absolute Gasteiger partial charge is 0.242 e. The highest BCUT2D eigenvalue weighted by Crippen LogP contribution is 2.46. The monoisotopic (exact) mass is 454 g/mol. The second kappa shape index (κ2) is 8.85. The zero-order valence-corrected chi connectivity index (χ0v) is 18.1. The summed E-state index contributed by atoms with van der Waals surface area (Å²) in [7, 11) is -0.933. The summed E-state index contributed by atoms with van der Waals surface area (Å²) in [5.41, 5.74) is 1.94. The van der Waals surface area contributed by atoms with E-state index in [0.717, 1.165) is 19.7 Å². The predicted octanol–water partition coefficient (Wildman–Crippen LogP) is 3.47. The fraction of sp³-hybridized carbons (Fsp3) is 0.391. The van der Waals surface area contributed by atoms with E-state index >= 15 is 0 Å². The molecule has 4 rings (SSSR count). The highest BCUT2D eigenvalue weighted by Gasteiger charge is 2.25. The molecule has 7 heteroatoms. The Labute approximate surface area is 199 Å². The molecule has 0 unspecified atom stereocenters. The summed E-state index contributed by atoms with van der Waals surface area (Å²) < 4.78 is 117. The third-order valence-electron chi connectivity index (χ3n) is 4.71. The maximum absolute atomic E-state index is 12.8. The number of hydrogen-bond donors (Lipinski definition) is 0. The maximum atomic E-state index is 12.8. The Bertz CT molecular complexity index is 1460. The molecule has 0 aliphatic carbocycles. The van der Waals surface area contributed by atoms with Crippen molar-refractivity contribution in [2.45, 2.75) is 21.1 Å². The van der Waals surface area contributed by atoms with Gasteiger partial charge in [-0.2, -0.15) is 0 Å². The molecule has 2 aliphatic heterocycles. The summed E-state index contributed by atoms with van der Waals surface area (Å²) in [6.07, 6.45) is 1.55. The summed E-state index contributed by atoms with van der Waals surface area (Å²) >= 11 is 1.44. The van der Waals surface area contributed by atoms with Gasteiger partial charge < -0.3 is 9.80 Å². The Hall–Kier alpha value is -1.64. The molecule has 0 atom stereocenters. The summed E-state index contributed by atoms with van der Waals surface area (Å²) in [6, 6.07) is 12.1. The van der Waals surface area contributed by atoms with Crippen LogP contribution in [0.3, 0.4) is 0 Å². The molecule has 2 heterocycles. The average molecular weight is 455 g/mol. The fourth-order valence-corrected chi connectivity index (χ4v) is 5.18. The first kappa shape index (κ1) is 11.8. The lowest BCUT2D eigenvalue weighted by Gasteiger charge is -2.32. The second-order valence-corrected chi connectivity index (χ2v) is 10.1. The molecule has 5 nitrogen and oxygen atoms in total. The lowest BCUT2D eigenvalue weighted by molar-refractivity contribution is 0.156. The van der Waals surface area contributed by atoms with E-state index in [1.807, 2.05) is 18.2 Å². The first-order chi connectivity index (χ1) is 18.6. The number of hydrogen-bond acceptors (Lipinski definition) is 5. The maximum Gasteiger partial charge on any atom is 0.242 e. The van der Waals surface area contributed by atoms with Gasteiger partial charge in [0.15, 0.2) is 0 Å². The minimum absolute atomic E-state index is 0.0574. The Morgan fingerprint density at radius 1 is 1.10 bits per heavy atom. The van der Waals surface area contributed by atoms with Crippen molar-refractivity contribution in [3.8, 4) is 0 Å². The van der Waals surface area contributed by atoms with Crippen LogP contribution in [-0.2, 0) is 10.0 Å². The van der Waals surface area contributed by atoms with E-state index in [0.29, 0.717) is 16.0 Å². The van der Waals surface area contributed by atoms with Gasteiger partial charge in [0.1, 0.15) is 0 Å². The number of piperazine rings is 1. The molecular formula is C23H29N3O2S2. The molecule has 1 fully saturated rings. The van der Waals surface area contributed by atoms with Gasteiger partial charge in [0, 0.05) is 71.5 Å². The van der Waals surface area contributed by atoms with Crippen molar-refractivity contribution in [2.75, 3.05) is 53.6 Å². The van der Waals surface area contributed by atoms with Gasteiger partial charge in [-0.1, -0.05) is 36.0 Å². The Kier molecular flexibility index (Phi) is 3.49. The van der Waals surface area contributed by atoms with Crippen molar-refractivity contribution < 1.29 is 23.5 Å². The van der Waals surface area contributed by atoms with E-state index in [4.69, 9.17) is 15.1 Å². The molecule has 0 radical (unpaired) electrons. The van der Waals surface area contributed by atoms with Gasteiger partial charge in [0.2, 0.25) is 10.0 Å². The van der Waals surface area contributed by atoms with Crippen LogP contribution in [0.5, 0.6) is 0 Å². The topological polar surface area (TPSA) is 43.9 Å². The van der Waals surface area contributed by atoms with Gasteiger partial charge in [0.25, 0.3) is 0 Å². The number of fused-ring (bicyclic) bond motifs is 2. The number of sulfonamides is 1. The zero-order valence-electron chi connectivity index (χ0n) is 27.5. The van der Waals surface area contributed by atoms with Crippen LogP contribution < -0.4 is 0 Å². The van der Waals surface area contributed by atoms with Crippen LogP contribution in [0.4, 0.5) is 0 Å². The molecule has 160 valence electrons. The van der Waals surface area contributed by atoms with Crippen LogP contribution in [0.25, 0.3) is 5.57 Å². The lowest BCUT2D eigenvalue weighted by Crippen LogP contribution is -2.44. The highest BCUT2D eigenvalue weighted by molar-refractivity contribution is 7.99. The first-order valence-electron chi connectivity index (χ1n) is 14.7. The quantitative estimate of drug-likeness (QED) is 0.591. The normalized spacial score (nSPS) is 31.7. The third kappa shape index (κ3) is 4.36. The van der Waals surface area contributed by atoms with Gasteiger partial charge in [-0.3, -0.25) is 0 Å². The van der Waals surface area contributed by atoms with Crippen molar-refractivity contribution in [2.24, 2.45) is 0 Å². The SMILES string of the molecule is [2H]C([2H])([2H])N1C([2H])([2H])C([2H])([2H])N(CC/C=C2/c3ccccc3Sc3ccc(S(=O)(=O)N(C)C)cc32)C([2H])([2H])C1([2H])[2H]. The molecule has 0 spiro atoms. The van der Waals surface area contributed by atoms with Crippen molar-refractivity contribution >= 4 is 27.4 Å². The zero-order chi connectivity index (χ0) is 31.0. The van der Waals surface area contributed by atoms with E-state index < -0.39 is 49.5 Å². The molecule has 2 aromatic rings. The van der Waals surface area contributed by atoms with Gasteiger partial charge >= 0.3 is 0 Å². The van der Waals surface area contributed by atoms with Crippen LogP contribution in [-0.4, -0.2) is 76.1 Å². The summed E-state index contributed by atoms with van der Waals surface area (Å²) in [5.74, 6) is 0. The van der Waals surface area contributed by atoms with Crippen LogP contribution in [0.15, 0.2) is 63.2 Å². The van der Waals surface area contributed by atoms with E-state index in [9.17, 15) is 8.42 Å². The van der Waals surface area contributed by atoms with Gasteiger partial charge in [-0.25, -0.2) is 12.7 Å². The third-order valence-corrected chi connectivity index (χ3v) is 7.67. The van der Waals surface area contributed by atoms with Gasteiger partial charge in [0.05, 0.1) is 4.90 Å². The molecule has 0 aromatic heterocycles. The lowest BCUT2D eigenvalue weighted by atomic mass is 9.96. The van der Waals surface area contributed by atoms with Crippen molar-refractivity contribution in [1.29, 1.82) is 0 Å². The molecule has 1 saturated heterocycles. The summed E-state index contributed by atoms with van der Waals surface area (Å²) in [4.78, 5) is 1.73.